The molecule has 2 rings (SSSR count). The van der Waals surface area contributed by atoms with Gasteiger partial charge in [-0.15, -0.1) is 11.3 Å². The first-order valence-electron chi connectivity index (χ1n) is 6.51. The van der Waals surface area contributed by atoms with Crippen molar-refractivity contribution in [1.82, 2.24) is 4.98 Å². The van der Waals surface area contributed by atoms with E-state index in [1.54, 1.807) is 42.6 Å². The Morgan fingerprint density at radius 3 is 2.77 bits per heavy atom. The fourth-order valence-corrected chi connectivity index (χ4v) is 2.23. The number of nitrogens with two attached hydrogens (primary N) is 1. The molecule has 0 amide bonds. The Morgan fingerprint density at radius 1 is 1.36 bits per heavy atom. The molecule has 1 aromatic carbocycles. The lowest BCUT2D eigenvalue weighted by molar-refractivity contribution is -0.144. The fourth-order valence-electron chi connectivity index (χ4n) is 1.55. The van der Waals surface area contributed by atoms with Crippen molar-refractivity contribution in [3.8, 4) is 0 Å². The molecule has 0 radical (unpaired) electrons. The van der Waals surface area contributed by atoms with Gasteiger partial charge in [-0.1, -0.05) is 18.2 Å². The highest BCUT2D eigenvalue weighted by Gasteiger charge is 2.20. The number of hydrogen-bond donors (Lipinski definition) is 2. The summed E-state index contributed by atoms with van der Waals surface area (Å²) in [6.07, 6.45) is 0. The van der Waals surface area contributed by atoms with Crippen molar-refractivity contribution < 1.29 is 19.2 Å². The number of esters is 1. The van der Waals surface area contributed by atoms with Crippen LogP contribution in [0.4, 0.5) is 5.13 Å². The van der Waals surface area contributed by atoms with E-state index >= 15 is 0 Å². The van der Waals surface area contributed by atoms with E-state index < -0.39 is 18.0 Å². The van der Waals surface area contributed by atoms with Crippen LogP contribution in [0.3, 0.4) is 0 Å². The summed E-state index contributed by atoms with van der Waals surface area (Å²) in [5, 5.41) is 1.92. The van der Waals surface area contributed by atoms with E-state index in [-0.39, 0.29) is 6.61 Å². The van der Waals surface area contributed by atoms with Crippen molar-refractivity contribution in [2.75, 3.05) is 12.1 Å². The molecule has 1 unspecified atom stereocenters. The molecule has 0 aliphatic heterocycles. The molecule has 1 atom stereocenters. The van der Waals surface area contributed by atoms with Crippen LogP contribution in [0.5, 0.6) is 0 Å². The van der Waals surface area contributed by atoms with Crippen molar-refractivity contribution in [2.45, 2.75) is 13.0 Å². The molecule has 0 saturated carbocycles. The predicted octanol–water partition coefficient (Wildman–Crippen LogP) is 1.89. The van der Waals surface area contributed by atoms with Gasteiger partial charge in [-0.3, -0.25) is 0 Å². The summed E-state index contributed by atoms with van der Waals surface area (Å²) in [5.41, 5.74) is 8.92. The maximum Gasteiger partial charge on any atom is 0.362 e. The molecule has 1 heterocycles. The zero-order chi connectivity index (χ0) is 15.9. The summed E-state index contributed by atoms with van der Waals surface area (Å²) in [5.74, 6) is -1.09. The molecule has 22 heavy (non-hydrogen) atoms. The summed E-state index contributed by atoms with van der Waals surface area (Å²) in [6, 6.07) is 7.57. The van der Waals surface area contributed by atoms with Gasteiger partial charge in [0.15, 0.2) is 0 Å². The predicted molar refractivity (Wildman–Crippen MR) is 81.2 cm³/mol. The molecular formula is C14H15N3O4S. The average molecular weight is 321 g/mol. The van der Waals surface area contributed by atoms with Crippen LogP contribution < -0.4 is 11.2 Å². The number of hydrogen-bond acceptors (Lipinski definition) is 8. The molecule has 8 heteroatoms. The third-order valence-corrected chi connectivity index (χ3v) is 3.38. The van der Waals surface area contributed by atoms with Gasteiger partial charge in [0, 0.05) is 5.38 Å². The standard InChI is InChI=1S/C14H15N3O4S/c1-2-20-13(19)11(15)10-8-22-14(16-10)17-21-12(18)9-6-4-3-5-7-9/h3-8,11H,2,15H2,1H3,(H,16,17). The number of anilines is 1. The lowest BCUT2D eigenvalue weighted by atomic mass is 10.2. The van der Waals surface area contributed by atoms with Crippen LogP contribution in [0.25, 0.3) is 0 Å². The Bertz CT molecular complexity index is 645. The topological polar surface area (TPSA) is 104 Å². The van der Waals surface area contributed by atoms with E-state index in [0.717, 1.165) is 11.3 Å². The molecular weight excluding hydrogens is 306 g/mol. The van der Waals surface area contributed by atoms with Gasteiger partial charge < -0.3 is 15.3 Å². The average Bonchev–Trinajstić information content (AvgIpc) is 3.02. The SMILES string of the molecule is CCOC(=O)C(N)c1csc(NOC(=O)c2ccccc2)n1. The summed E-state index contributed by atoms with van der Waals surface area (Å²) in [7, 11) is 0. The molecule has 2 aromatic rings. The maximum atomic E-state index is 11.7. The Hall–Kier alpha value is -2.45. The Labute approximate surface area is 131 Å². The maximum absolute atomic E-state index is 11.7. The van der Waals surface area contributed by atoms with Gasteiger partial charge in [0.2, 0.25) is 5.13 Å². The Kier molecular flexibility index (Phi) is 5.45. The highest BCUT2D eigenvalue weighted by molar-refractivity contribution is 7.13. The van der Waals surface area contributed by atoms with Gasteiger partial charge in [0.25, 0.3) is 0 Å². The highest BCUT2D eigenvalue weighted by atomic mass is 32.1. The number of rotatable bonds is 6. The summed E-state index contributed by atoms with van der Waals surface area (Å²) < 4.78 is 4.82. The van der Waals surface area contributed by atoms with Crippen LogP contribution in [-0.2, 0) is 14.4 Å². The first-order valence-corrected chi connectivity index (χ1v) is 7.39. The number of nitrogens with zero attached hydrogens (tertiary/aromatic N) is 1. The number of aromatic nitrogens is 1. The number of ether oxygens (including phenoxy) is 1. The van der Waals surface area contributed by atoms with Gasteiger partial charge >= 0.3 is 11.9 Å². The minimum Gasteiger partial charge on any atom is -0.465 e. The quantitative estimate of drug-likeness (QED) is 0.618. The van der Waals surface area contributed by atoms with Crippen LogP contribution in [0.15, 0.2) is 35.7 Å². The minimum atomic E-state index is -0.962. The molecule has 3 N–H and O–H groups in total. The number of carbonyl (C=O) groups excluding carboxylic acids is 2. The van der Waals surface area contributed by atoms with Crippen molar-refractivity contribution in [1.29, 1.82) is 0 Å². The summed E-state index contributed by atoms with van der Waals surface area (Å²) in [4.78, 5) is 32.3. The van der Waals surface area contributed by atoms with Gasteiger partial charge in [-0.05, 0) is 19.1 Å². The first kappa shape index (κ1) is 15.9. The van der Waals surface area contributed by atoms with Crippen LogP contribution in [-0.4, -0.2) is 23.5 Å². The number of nitrogens with one attached hydrogen (secondary N) is 1. The number of carbonyl (C=O) groups is 2. The molecule has 0 fully saturated rings. The molecule has 0 spiro atoms. The van der Waals surface area contributed by atoms with E-state index in [1.807, 2.05) is 0 Å². The Morgan fingerprint density at radius 2 is 2.09 bits per heavy atom. The van der Waals surface area contributed by atoms with Gasteiger partial charge in [0.05, 0.1) is 17.9 Å². The Balaban J connectivity index is 1.92. The van der Waals surface area contributed by atoms with E-state index in [4.69, 9.17) is 15.3 Å². The van der Waals surface area contributed by atoms with Crippen LogP contribution in [0.2, 0.25) is 0 Å². The fraction of sp³-hybridized carbons (Fsp3) is 0.214. The zero-order valence-corrected chi connectivity index (χ0v) is 12.6. The van der Waals surface area contributed by atoms with Gasteiger partial charge in [0.1, 0.15) is 6.04 Å². The van der Waals surface area contributed by atoms with Crippen LogP contribution in [0, 0.1) is 0 Å². The number of benzene rings is 1. The monoisotopic (exact) mass is 321 g/mol. The van der Waals surface area contributed by atoms with E-state index in [2.05, 4.69) is 10.5 Å². The number of thiazole rings is 1. The van der Waals surface area contributed by atoms with Gasteiger partial charge in [-0.2, -0.15) is 5.48 Å². The second kappa shape index (κ2) is 7.53. The zero-order valence-electron chi connectivity index (χ0n) is 11.8. The second-order valence-corrected chi connectivity index (χ2v) is 5.02. The van der Waals surface area contributed by atoms with Crippen LogP contribution in [0.1, 0.15) is 29.0 Å². The van der Waals surface area contributed by atoms with Crippen molar-refractivity contribution >= 4 is 28.4 Å². The lowest BCUT2D eigenvalue weighted by Crippen LogP contribution is -2.24. The molecule has 0 aliphatic rings. The largest absolute Gasteiger partial charge is 0.465 e. The molecule has 0 aliphatic carbocycles. The van der Waals surface area contributed by atoms with E-state index in [9.17, 15) is 9.59 Å². The third kappa shape index (κ3) is 4.03. The first-order chi connectivity index (χ1) is 10.6. The molecule has 1 aromatic heterocycles. The second-order valence-electron chi connectivity index (χ2n) is 4.16. The highest BCUT2D eigenvalue weighted by Crippen LogP contribution is 2.20. The molecule has 116 valence electrons. The van der Waals surface area contributed by atoms with Crippen LogP contribution >= 0.6 is 11.3 Å². The molecule has 0 bridgehead atoms. The smallest absolute Gasteiger partial charge is 0.362 e. The molecule has 7 nitrogen and oxygen atoms in total. The van der Waals surface area contributed by atoms with E-state index in [1.165, 1.54) is 0 Å². The van der Waals surface area contributed by atoms with Gasteiger partial charge in [-0.25, -0.2) is 14.6 Å². The minimum absolute atomic E-state index is 0.246. The summed E-state index contributed by atoms with van der Waals surface area (Å²) in [6.45, 7) is 1.94. The molecule has 0 saturated heterocycles. The van der Waals surface area contributed by atoms with Crippen molar-refractivity contribution in [3.05, 3.63) is 47.0 Å². The lowest BCUT2D eigenvalue weighted by Gasteiger charge is -2.07. The van der Waals surface area contributed by atoms with Crippen molar-refractivity contribution in [2.24, 2.45) is 5.73 Å². The normalized spacial score (nSPS) is 11.5. The summed E-state index contributed by atoms with van der Waals surface area (Å²) >= 11 is 1.16. The third-order valence-electron chi connectivity index (χ3n) is 2.62. The van der Waals surface area contributed by atoms with Crippen molar-refractivity contribution in [3.63, 3.8) is 0 Å². The van der Waals surface area contributed by atoms with E-state index in [0.29, 0.717) is 16.4 Å².